The van der Waals surface area contributed by atoms with E-state index in [1.807, 2.05) is 18.2 Å². The molecule has 1 heterocycles. The summed E-state index contributed by atoms with van der Waals surface area (Å²) in [5, 5.41) is 3.01. The Morgan fingerprint density at radius 2 is 1.60 bits per heavy atom. The van der Waals surface area contributed by atoms with Crippen molar-refractivity contribution in [3.05, 3.63) is 76.2 Å². The van der Waals surface area contributed by atoms with Gasteiger partial charge in [0.2, 0.25) is 0 Å². The average molecular weight is 515 g/mol. The quantitative estimate of drug-likeness (QED) is 0.480. The molecule has 4 rings (SSSR count). The maximum atomic E-state index is 13.4. The number of sulfonamides is 1. The molecular formula is C25H23ClN2O6S. The van der Waals surface area contributed by atoms with Crippen LogP contribution in [-0.4, -0.2) is 35.6 Å². The van der Waals surface area contributed by atoms with Crippen molar-refractivity contribution in [1.29, 1.82) is 0 Å². The van der Waals surface area contributed by atoms with Crippen molar-refractivity contribution in [2.75, 3.05) is 30.9 Å². The van der Waals surface area contributed by atoms with Gasteiger partial charge in [-0.2, -0.15) is 0 Å². The molecule has 0 fully saturated rings. The van der Waals surface area contributed by atoms with E-state index < -0.39 is 20.8 Å². The Hall–Kier alpha value is -3.69. The first-order chi connectivity index (χ1) is 16.7. The van der Waals surface area contributed by atoms with Gasteiger partial charge in [0.25, 0.3) is 15.9 Å². The minimum Gasteiger partial charge on any atom is -0.493 e. The highest BCUT2D eigenvalue weighted by Gasteiger charge is 2.38. The molecule has 10 heteroatoms. The van der Waals surface area contributed by atoms with Crippen molar-refractivity contribution < 1.29 is 27.4 Å². The predicted molar refractivity (Wildman–Crippen MR) is 136 cm³/mol. The van der Waals surface area contributed by atoms with Crippen molar-refractivity contribution in [2.45, 2.75) is 6.92 Å². The number of carbonyl (C=O) groups excluding carboxylic acids is 1. The van der Waals surface area contributed by atoms with Gasteiger partial charge < -0.3 is 19.5 Å². The van der Waals surface area contributed by atoms with E-state index in [1.165, 1.54) is 27.3 Å². The Kier molecular flexibility index (Phi) is 6.64. The number of carbonyl (C=O) groups is 1. The number of nitrogens with one attached hydrogen (secondary N) is 1. The summed E-state index contributed by atoms with van der Waals surface area (Å²) >= 11 is 6.15. The normalized spacial score (nSPS) is 14.3. The fourth-order valence-electron chi connectivity index (χ4n) is 3.78. The first kappa shape index (κ1) is 24.4. The number of allylic oxidation sites excluding steroid dienone is 1. The van der Waals surface area contributed by atoms with Gasteiger partial charge in [-0.1, -0.05) is 29.8 Å². The molecule has 8 nitrogen and oxygen atoms in total. The van der Waals surface area contributed by atoms with Crippen LogP contribution < -0.4 is 23.8 Å². The van der Waals surface area contributed by atoms with Gasteiger partial charge in [-0.05, 0) is 48.9 Å². The fraction of sp³-hybridized carbons (Fsp3) is 0.160. The van der Waals surface area contributed by atoms with E-state index in [2.05, 4.69) is 5.32 Å². The van der Waals surface area contributed by atoms with Gasteiger partial charge in [0, 0.05) is 23.7 Å². The zero-order valence-corrected chi connectivity index (χ0v) is 21.0. The number of amides is 1. The molecule has 0 saturated carbocycles. The van der Waals surface area contributed by atoms with E-state index in [9.17, 15) is 13.2 Å². The number of ether oxygens (including phenoxy) is 3. The minimum absolute atomic E-state index is 0.225. The molecule has 0 unspecified atom stereocenters. The minimum atomic E-state index is -4.18. The molecule has 0 aromatic heterocycles. The third-order valence-electron chi connectivity index (χ3n) is 5.57. The number of halogens is 1. The van der Waals surface area contributed by atoms with Crippen LogP contribution in [0.3, 0.4) is 0 Å². The molecule has 1 N–H and O–H groups in total. The highest BCUT2D eigenvalue weighted by atomic mass is 35.5. The Balaban J connectivity index is 1.78. The van der Waals surface area contributed by atoms with Crippen molar-refractivity contribution in [3.8, 4) is 23.0 Å². The second-order valence-electron chi connectivity index (χ2n) is 7.66. The summed E-state index contributed by atoms with van der Waals surface area (Å²) in [6.45, 7) is 1.57. The Morgan fingerprint density at radius 3 is 2.26 bits per heavy atom. The SMILES string of the molecule is COc1cc2c(cc1OC)N(C)S(=O)(=O)C(C(=O)Nc1cc(Cl)ccc1Oc1ccccc1)=C2C. The van der Waals surface area contributed by atoms with Crippen LogP contribution in [0.2, 0.25) is 5.02 Å². The van der Waals surface area contributed by atoms with Crippen LogP contribution in [0.15, 0.2) is 65.6 Å². The van der Waals surface area contributed by atoms with Crippen LogP contribution in [0.4, 0.5) is 11.4 Å². The first-order valence-corrected chi connectivity index (χ1v) is 12.3. The second-order valence-corrected chi connectivity index (χ2v) is 10.0. The number of anilines is 2. The summed E-state index contributed by atoms with van der Waals surface area (Å²) in [4.78, 5) is 13.0. The lowest BCUT2D eigenvalue weighted by Crippen LogP contribution is -2.36. The molecule has 1 amide bonds. The Bertz CT molecular complexity index is 1440. The predicted octanol–water partition coefficient (Wildman–Crippen LogP) is 5.30. The largest absolute Gasteiger partial charge is 0.493 e. The van der Waals surface area contributed by atoms with Gasteiger partial charge in [0.15, 0.2) is 22.2 Å². The fourth-order valence-corrected chi connectivity index (χ4v) is 5.42. The van der Waals surface area contributed by atoms with Crippen molar-refractivity contribution in [3.63, 3.8) is 0 Å². The van der Waals surface area contributed by atoms with E-state index in [-0.39, 0.29) is 11.3 Å². The molecule has 3 aromatic carbocycles. The van der Waals surface area contributed by atoms with Crippen LogP contribution in [0.1, 0.15) is 12.5 Å². The zero-order valence-electron chi connectivity index (χ0n) is 19.5. The summed E-state index contributed by atoms with van der Waals surface area (Å²) in [6.07, 6.45) is 0. The molecule has 0 radical (unpaired) electrons. The third-order valence-corrected chi connectivity index (χ3v) is 7.73. The third kappa shape index (κ3) is 4.52. The van der Waals surface area contributed by atoms with Crippen LogP contribution in [-0.2, 0) is 14.8 Å². The number of para-hydroxylation sites is 1. The van der Waals surface area contributed by atoms with Crippen LogP contribution in [0, 0.1) is 0 Å². The number of hydrogen-bond donors (Lipinski definition) is 1. The van der Waals surface area contributed by atoms with Crippen molar-refractivity contribution in [1.82, 2.24) is 0 Å². The van der Waals surface area contributed by atoms with E-state index in [4.69, 9.17) is 25.8 Å². The molecule has 0 spiro atoms. The zero-order chi connectivity index (χ0) is 25.3. The van der Waals surface area contributed by atoms with Gasteiger partial charge in [0.05, 0.1) is 25.6 Å². The second kappa shape index (κ2) is 9.52. The van der Waals surface area contributed by atoms with E-state index >= 15 is 0 Å². The number of methoxy groups -OCH3 is 2. The van der Waals surface area contributed by atoms with Crippen LogP contribution >= 0.6 is 11.6 Å². The number of hydrogen-bond acceptors (Lipinski definition) is 6. The van der Waals surface area contributed by atoms with Gasteiger partial charge >= 0.3 is 0 Å². The first-order valence-electron chi connectivity index (χ1n) is 10.5. The van der Waals surface area contributed by atoms with Gasteiger partial charge in [-0.25, -0.2) is 8.42 Å². The molecule has 182 valence electrons. The molecule has 0 saturated heterocycles. The number of fused-ring (bicyclic) bond motifs is 1. The number of rotatable bonds is 6. The lowest BCUT2D eigenvalue weighted by atomic mass is 10.0. The molecule has 0 aliphatic carbocycles. The Labute approximate surface area is 208 Å². The summed E-state index contributed by atoms with van der Waals surface area (Å²) in [6, 6.07) is 16.9. The summed E-state index contributed by atoms with van der Waals surface area (Å²) in [7, 11) is 0.140. The van der Waals surface area contributed by atoms with Crippen LogP contribution in [0.5, 0.6) is 23.0 Å². The van der Waals surface area contributed by atoms with Crippen LogP contribution in [0.25, 0.3) is 5.57 Å². The topological polar surface area (TPSA) is 94.2 Å². The molecule has 0 bridgehead atoms. The molecular weight excluding hydrogens is 492 g/mol. The summed E-state index contributed by atoms with van der Waals surface area (Å²) in [5.41, 5.74) is 1.39. The van der Waals surface area contributed by atoms with E-state index in [0.29, 0.717) is 39.3 Å². The molecule has 35 heavy (non-hydrogen) atoms. The average Bonchev–Trinajstić information content (AvgIpc) is 2.84. The monoisotopic (exact) mass is 514 g/mol. The standard InChI is InChI=1S/C25H23ClN2O6S/c1-15-18-13-22(32-3)23(33-4)14-20(18)28(2)35(30,31)24(15)25(29)27-19-12-16(26)10-11-21(19)34-17-8-6-5-7-9-17/h5-14H,1-4H3,(H,27,29). The number of nitrogens with zero attached hydrogens (tertiary/aromatic N) is 1. The van der Waals surface area contributed by atoms with Gasteiger partial charge in [-0.15, -0.1) is 0 Å². The smallest absolute Gasteiger partial charge is 0.269 e. The molecule has 1 aliphatic rings. The van der Waals surface area contributed by atoms with E-state index in [0.717, 1.165) is 4.31 Å². The highest BCUT2D eigenvalue weighted by Crippen LogP contribution is 2.44. The molecule has 3 aromatic rings. The maximum absolute atomic E-state index is 13.4. The molecule has 0 atom stereocenters. The van der Waals surface area contributed by atoms with Crippen molar-refractivity contribution in [2.24, 2.45) is 0 Å². The maximum Gasteiger partial charge on any atom is 0.269 e. The summed E-state index contributed by atoms with van der Waals surface area (Å²) < 4.78 is 44.4. The molecule has 1 aliphatic heterocycles. The van der Waals surface area contributed by atoms with E-state index in [1.54, 1.807) is 43.3 Å². The Morgan fingerprint density at radius 1 is 0.943 bits per heavy atom. The van der Waals surface area contributed by atoms with Crippen molar-refractivity contribution >= 4 is 44.5 Å². The summed E-state index contributed by atoms with van der Waals surface area (Å²) in [5.74, 6) is 0.804. The lowest BCUT2D eigenvalue weighted by Gasteiger charge is -2.30. The lowest BCUT2D eigenvalue weighted by molar-refractivity contribution is -0.112. The van der Waals surface area contributed by atoms with Gasteiger partial charge in [0.1, 0.15) is 5.75 Å². The number of benzene rings is 3. The van der Waals surface area contributed by atoms with Gasteiger partial charge in [-0.3, -0.25) is 9.10 Å². The highest BCUT2D eigenvalue weighted by molar-refractivity contribution is 7.97.